The lowest BCUT2D eigenvalue weighted by atomic mass is 9.98. The molecule has 290 valence electrons. The summed E-state index contributed by atoms with van der Waals surface area (Å²) in [4.78, 5) is 38.4. The summed E-state index contributed by atoms with van der Waals surface area (Å²) in [5.41, 5.74) is 0. The molecule has 2 atom stereocenters. The zero-order chi connectivity index (χ0) is 36.0. The summed E-state index contributed by atoms with van der Waals surface area (Å²) in [6.07, 6.45) is 33.0. The maximum Gasteiger partial charge on any atom is 0.335 e. The van der Waals surface area contributed by atoms with Gasteiger partial charge in [0, 0.05) is 0 Å². The Morgan fingerprint density at radius 3 is 0.980 bits per heavy atom. The van der Waals surface area contributed by atoms with E-state index in [0.717, 1.165) is 51.4 Å². The summed E-state index contributed by atoms with van der Waals surface area (Å²) in [5, 5.41) is 10.8. The largest absolute Gasteiger partial charge is 0.466 e. The highest BCUT2D eigenvalue weighted by Crippen LogP contribution is 2.18. The summed E-state index contributed by atoms with van der Waals surface area (Å²) in [6, 6.07) is 0. The van der Waals surface area contributed by atoms with Gasteiger partial charge in [-0.15, -0.1) is 0 Å². The molecule has 0 rings (SSSR count). The fourth-order valence-electron chi connectivity index (χ4n) is 6.22. The van der Waals surface area contributed by atoms with Crippen LogP contribution in [0.5, 0.6) is 0 Å². The van der Waals surface area contributed by atoms with Crippen LogP contribution < -0.4 is 0 Å². The Morgan fingerprint density at radius 2 is 0.653 bits per heavy atom. The first-order valence-electron chi connectivity index (χ1n) is 21.1. The third-order valence-corrected chi connectivity index (χ3v) is 9.56. The lowest BCUT2D eigenvalue weighted by Crippen LogP contribution is -2.39. The van der Waals surface area contributed by atoms with Crippen LogP contribution in [-0.4, -0.2) is 48.9 Å². The van der Waals surface area contributed by atoms with E-state index in [9.17, 15) is 19.5 Å². The molecule has 0 aliphatic carbocycles. The highest BCUT2D eigenvalue weighted by atomic mass is 16.6. The molecule has 0 spiro atoms. The molecule has 0 radical (unpaired) electrons. The van der Waals surface area contributed by atoms with Gasteiger partial charge >= 0.3 is 17.9 Å². The van der Waals surface area contributed by atoms with Gasteiger partial charge in [-0.1, -0.05) is 194 Å². The monoisotopic (exact) mass is 697 g/mol. The van der Waals surface area contributed by atoms with Gasteiger partial charge in [-0.25, -0.2) is 4.79 Å². The number of unbranched alkanes of at least 4 members (excludes halogenated alkanes) is 27. The predicted octanol–water partition coefficient (Wildman–Crippen LogP) is 11.7. The first-order chi connectivity index (χ1) is 24.0. The second-order valence-electron chi connectivity index (χ2n) is 14.4. The van der Waals surface area contributed by atoms with Crippen LogP contribution in [0.3, 0.4) is 0 Å². The van der Waals surface area contributed by atoms with E-state index in [1.165, 1.54) is 135 Å². The molecule has 2 unspecified atom stereocenters. The SMILES string of the molecule is CCCCCCCCCCCCOC(=O)CC(C(=O)OCCCCCCCCCCCC)C(O)C(=O)OCCCCCCCCCCCC. The van der Waals surface area contributed by atoms with Gasteiger partial charge in [0.1, 0.15) is 5.92 Å². The van der Waals surface area contributed by atoms with Crippen molar-refractivity contribution >= 4 is 17.9 Å². The number of rotatable bonds is 38. The Morgan fingerprint density at radius 1 is 0.388 bits per heavy atom. The van der Waals surface area contributed by atoms with Gasteiger partial charge in [-0.2, -0.15) is 0 Å². The van der Waals surface area contributed by atoms with Crippen LogP contribution in [-0.2, 0) is 28.6 Å². The number of ether oxygens (including phenoxy) is 3. The van der Waals surface area contributed by atoms with Gasteiger partial charge in [0.05, 0.1) is 26.2 Å². The molecule has 0 bridgehead atoms. The van der Waals surface area contributed by atoms with Crippen molar-refractivity contribution in [1.82, 2.24) is 0 Å². The third-order valence-electron chi connectivity index (χ3n) is 9.56. The van der Waals surface area contributed by atoms with Gasteiger partial charge in [0.2, 0.25) is 0 Å². The standard InChI is InChI=1S/C42H80O7/c1-4-7-10-13-16-19-22-25-28-31-34-47-39(43)37-38(41(45)48-35-32-29-26-23-20-17-14-11-8-5-2)40(44)42(46)49-36-33-30-27-24-21-18-15-12-9-6-3/h38,40,44H,4-37H2,1-3H3. The molecule has 1 N–H and O–H groups in total. The van der Waals surface area contributed by atoms with Gasteiger partial charge < -0.3 is 19.3 Å². The first-order valence-corrected chi connectivity index (χ1v) is 21.1. The molecule has 0 aromatic heterocycles. The average Bonchev–Trinajstić information content (AvgIpc) is 3.10. The van der Waals surface area contributed by atoms with E-state index < -0.39 is 36.4 Å². The highest BCUT2D eigenvalue weighted by molar-refractivity contribution is 5.87. The topological polar surface area (TPSA) is 99.1 Å². The van der Waals surface area contributed by atoms with Crippen molar-refractivity contribution in [2.24, 2.45) is 5.92 Å². The van der Waals surface area contributed by atoms with Crippen molar-refractivity contribution in [3.8, 4) is 0 Å². The molecular weight excluding hydrogens is 616 g/mol. The molecule has 49 heavy (non-hydrogen) atoms. The molecule has 0 aromatic rings. The molecule has 0 amide bonds. The number of aliphatic hydroxyl groups is 1. The lowest BCUT2D eigenvalue weighted by Gasteiger charge is -2.20. The number of carbonyl (C=O) groups excluding carboxylic acids is 3. The summed E-state index contributed by atoms with van der Waals surface area (Å²) >= 11 is 0. The normalized spacial score (nSPS) is 12.5. The van der Waals surface area contributed by atoms with Crippen molar-refractivity contribution in [2.45, 2.75) is 226 Å². The summed E-state index contributed by atoms with van der Waals surface area (Å²) < 4.78 is 16.2. The molecule has 0 saturated carbocycles. The number of esters is 3. The third kappa shape index (κ3) is 32.0. The average molecular weight is 697 g/mol. The molecule has 0 heterocycles. The van der Waals surface area contributed by atoms with Crippen molar-refractivity contribution in [3.63, 3.8) is 0 Å². The fraction of sp³-hybridized carbons (Fsp3) is 0.929. The number of hydrogen-bond donors (Lipinski definition) is 1. The maximum atomic E-state index is 13.0. The van der Waals surface area contributed by atoms with E-state index in [4.69, 9.17) is 14.2 Å². The Bertz CT molecular complexity index is 741. The van der Waals surface area contributed by atoms with Crippen LogP contribution in [0.2, 0.25) is 0 Å². The van der Waals surface area contributed by atoms with E-state index in [2.05, 4.69) is 20.8 Å². The van der Waals surface area contributed by atoms with E-state index in [1.54, 1.807) is 0 Å². The quantitative estimate of drug-likeness (QED) is 0.0389. The van der Waals surface area contributed by atoms with Crippen LogP contribution in [0.1, 0.15) is 220 Å². The van der Waals surface area contributed by atoms with Crippen molar-refractivity contribution in [3.05, 3.63) is 0 Å². The van der Waals surface area contributed by atoms with Crippen molar-refractivity contribution < 1.29 is 33.7 Å². The molecule has 7 nitrogen and oxygen atoms in total. The summed E-state index contributed by atoms with van der Waals surface area (Å²) in [6.45, 7) is 7.36. The fourth-order valence-corrected chi connectivity index (χ4v) is 6.22. The second-order valence-corrected chi connectivity index (χ2v) is 14.4. The summed E-state index contributed by atoms with van der Waals surface area (Å²) in [5.74, 6) is -3.55. The molecule has 0 aromatic carbocycles. The van der Waals surface area contributed by atoms with Crippen LogP contribution >= 0.6 is 0 Å². The first kappa shape index (κ1) is 47.4. The maximum absolute atomic E-state index is 13.0. The van der Waals surface area contributed by atoms with Gasteiger partial charge in [0.25, 0.3) is 0 Å². The Kier molecular flexibility index (Phi) is 36.4. The minimum atomic E-state index is -1.76. The smallest absolute Gasteiger partial charge is 0.335 e. The van der Waals surface area contributed by atoms with Crippen LogP contribution in [0.15, 0.2) is 0 Å². The zero-order valence-electron chi connectivity index (χ0n) is 32.6. The predicted molar refractivity (Wildman–Crippen MR) is 203 cm³/mol. The highest BCUT2D eigenvalue weighted by Gasteiger charge is 2.37. The summed E-state index contributed by atoms with van der Waals surface area (Å²) in [7, 11) is 0. The minimum absolute atomic E-state index is 0.190. The lowest BCUT2D eigenvalue weighted by molar-refractivity contribution is -0.170. The van der Waals surface area contributed by atoms with Gasteiger partial charge in [-0.3, -0.25) is 9.59 Å². The second kappa shape index (κ2) is 37.6. The van der Waals surface area contributed by atoms with Crippen molar-refractivity contribution in [1.29, 1.82) is 0 Å². The van der Waals surface area contributed by atoms with Gasteiger partial charge in [-0.05, 0) is 19.3 Å². The van der Waals surface area contributed by atoms with E-state index in [1.807, 2.05) is 0 Å². The van der Waals surface area contributed by atoms with Crippen molar-refractivity contribution in [2.75, 3.05) is 19.8 Å². The Labute approximate surface area is 302 Å². The minimum Gasteiger partial charge on any atom is -0.466 e. The molecule has 0 aliphatic rings. The number of hydrogen-bond acceptors (Lipinski definition) is 7. The molecule has 0 fully saturated rings. The van der Waals surface area contributed by atoms with E-state index in [0.29, 0.717) is 6.42 Å². The van der Waals surface area contributed by atoms with Crippen LogP contribution in [0.4, 0.5) is 0 Å². The number of carbonyl (C=O) groups is 3. The number of aliphatic hydroxyl groups excluding tert-OH is 1. The Balaban J connectivity index is 4.52. The molecule has 7 heteroatoms. The zero-order valence-corrected chi connectivity index (χ0v) is 32.6. The van der Waals surface area contributed by atoms with Gasteiger partial charge in [0.15, 0.2) is 6.10 Å². The van der Waals surface area contributed by atoms with E-state index >= 15 is 0 Å². The molecule has 0 saturated heterocycles. The van der Waals surface area contributed by atoms with Crippen LogP contribution in [0, 0.1) is 5.92 Å². The molecular formula is C42H80O7. The Hall–Kier alpha value is -1.63. The van der Waals surface area contributed by atoms with E-state index in [-0.39, 0.29) is 19.8 Å². The molecule has 0 aliphatic heterocycles. The van der Waals surface area contributed by atoms with Crippen LogP contribution in [0.25, 0.3) is 0 Å².